The number of furan rings is 1. The highest BCUT2D eigenvalue weighted by Gasteiger charge is 2.29. The number of halogens is 2. The van der Waals surface area contributed by atoms with E-state index in [1.807, 2.05) is 6.07 Å². The first-order valence-electron chi connectivity index (χ1n) is 10.4. The van der Waals surface area contributed by atoms with Gasteiger partial charge in [-0.3, -0.25) is 9.00 Å². The quantitative estimate of drug-likeness (QED) is 0.363. The van der Waals surface area contributed by atoms with E-state index in [0.717, 1.165) is 16.7 Å². The Balaban J connectivity index is 1.90. The molecule has 1 unspecified atom stereocenters. The van der Waals surface area contributed by atoms with Crippen LogP contribution in [0, 0.1) is 23.0 Å². The number of carboxylic acids is 1. The Morgan fingerprint density at radius 1 is 1.25 bits per heavy atom. The van der Waals surface area contributed by atoms with Crippen LogP contribution in [-0.2, 0) is 17.3 Å². The van der Waals surface area contributed by atoms with Crippen LogP contribution in [0.3, 0.4) is 0 Å². The molecule has 8 nitrogen and oxygen atoms in total. The molecular formula is C25H15F2N3O5S. The van der Waals surface area contributed by atoms with Crippen LogP contribution in [0.25, 0.3) is 33.0 Å². The minimum absolute atomic E-state index is 0.00197. The van der Waals surface area contributed by atoms with Crippen molar-refractivity contribution in [3.63, 3.8) is 0 Å². The van der Waals surface area contributed by atoms with Gasteiger partial charge in [-0.2, -0.15) is 5.26 Å². The lowest BCUT2D eigenvalue weighted by atomic mass is 10.0. The average Bonchev–Trinajstić information content (AvgIpc) is 3.44. The van der Waals surface area contributed by atoms with E-state index in [4.69, 9.17) is 4.42 Å². The van der Waals surface area contributed by atoms with E-state index in [1.54, 1.807) is 0 Å². The Kier molecular flexibility index (Phi) is 5.53. The van der Waals surface area contributed by atoms with Crippen molar-refractivity contribution >= 4 is 38.6 Å². The highest BCUT2D eigenvalue weighted by molar-refractivity contribution is 7.84. The normalized spacial score (nSPS) is 12.2. The fourth-order valence-electron chi connectivity index (χ4n) is 4.39. The summed E-state index contributed by atoms with van der Waals surface area (Å²) in [6.07, 6.45) is 3.93. The Morgan fingerprint density at radius 3 is 2.69 bits per heavy atom. The molecule has 0 saturated heterocycles. The zero-order valence-corrected chi connectivity index (χ0v) is 19.3. The lowest BCUT2D eigenvalue weighted by molar-refractivity contribution is 0.0687. The van der Waals surface area contributed by atoms with Crippen molar-refractivity contribution < 1.29 is 27.3 Å². The van der Waals surface area contributed by atoms with E-state index >= 15 is 4.39 Å². The number of hydrogen-bond acceptors (Lipinski definition) is 5. The fraction of sp³-hybridized carbons (Fsp3) is 0.0800. The molecule has 0 saturated carbocycles. The molecule has 1 atom stereocenters. The number of nitriles is 1. The number of carboxylic acid groups (broad SMARTS) is 1. The SMILES string of the molecule is CS(=O)c1cc(F)c(Cn2c(C(=O)O)c(-c3ccc[nH]c3=O)c3c4occc4c(F)cc32)cc1C#N. The zero-order valence-electron chi connectivity index (χ0n) is 18.5. The Morgan fingerprint density at radius 2 is 2.03 bits per heavy atom. The lowest BCUT2D eigenvalue weighted by Gasteiger charge is -2.12. The molecular weight excluding hydrogens is 492 g/mol. The number of nitrogens with zero attached hydrogens (tertiary/aromatic N) is 2. The van der Waals surface area contributed by atoms with E-state index in [1.165, 1.54) is 43.0 Å². The number of fused-ring (bicyclic) bond motifs is 3. The van der Waals surface area contributed by atoms with E-state index in [9.17, 15) is 28.6 Å². The molecule has 180 valence electrons. The van der Waals surface area contributed by atoms with E-state index in [2.05, 4.69) is 4.98 Å². The third kappa shape index (κ3) is 3.50. The number of aromatic nitrogens is 2. The summed E-state index contributed by atoms with van der Waals surface area (Å²) >= 11 is 0. The van der Waals surface area contributed by atoms with Gasteiger partial charge in [-0.05, 0) is 36.4 Å². The van der Waals surface area contributed by atoms with Crippen LogP contribution in [0.15, 0.2) is 63.0 Å². The molecule has 3 heterocycles. The summed E-state index contributed by atoms with van der Waals surface area (Å²) < 4.78 is 48.6. The Labute approximate surface area is 203 Å². The summed E-state index contributed by atoms with van der Waals surface area (Å²) in [5, 5.41) is 19.9. The van der Waals surface area contributed by atoms with Crippen molar-refractivity contribution in [2.24, 2.45) is 0 Å². The maximum absolute atomic E-state index is 15.1. The van der Waals surface area contributed by atoms with Gasteiger partial charge in [-0.15, -0.1) is 0 Å². The van der Waals surface area contributed by atoms with Gasteiger partial charge in [0.05, 0.1) is 55.9 Å². The molecule has 0 spiro atoms. The fourth-order valence-corrected chi connectivity index (χ4v) is 5.07. The van der Waals surface area contributed by atoms with Crippen LogP contribution in [0.4, 0.5) is 8.78 Å². The summed E-state index contributed by atoms with van der Waals surface area (Å²) in [5.41, 5.74) is -1.06. The molecule has 36 heavy (non-hydrogen) atoms. The predicted octanol–water partition coefficient (Wildman–Crippen LogP) is 4.38. The molecule has 0 bridgehead atoms. The topological polar surface area (TPSA) is 129 Å². The van der Waals surface area contributed by atoms with Gasteiger partial charge in [0.1, 0.15) is 29.0 Å². The lowest BCUT2D eigenvalue weighted by Crippen LogP contribution is -2.14. The van der Waals surface area contributed by atoms with Crippen molar-refractivity contribution in [3.05, 3.63) is 87.7 Å². The maximum Gasteiger partial charge on any atom is 0.353 e. The molecule has 11 heteroatoms. The smallest absolute Gasteiger partial charge is 0.353 e. The van der Waals surface area contributed by atoms with Crippen LogP contribution >= 0.6 is 0 Å². The van der Waals surface area contributed by atoms with Gasteiger partial charge in [-0.25, -0.2) is 13.6 Å². The second-order valence-corrected chi connectivity index (χ2v) is 9.30. The van der Waals surface area contributed by atoms with Crippen molar-refractivity contribution in [2.45, 2.75) is 11.4 Å². The first-order chi connectivity index (χ1) is 17.2. The van der Waals surface area contributed by atoms with Gasteiger partial charge in [0.25, 0.3) is 5.56 Å². The number of nitrogens with one attached hydrogen (secondary N) is 1. The second-order valence-electron chi connectivity index (χ2n) is 7.95. The number of hydrogen-bond donors (Lipinski definition) is 2. The number of aromatic carboxylic acids is 1. The van der Waals surface area contributed by atoms with Crippen molar-refractivity contribution in [1.82, 2.24) is 9.55 Å². The van der Waals surface area contributed by atoms with E-state index in [-0.39, 0.29) is 49.0 Å². The molecule has 2 N–H and O–H groups in total. The first-order valence-corrected chi connectivity index (χ1v) is 12.0. The van der Waals surface area contributed by atoms with Crippen LogP contribution in [0.1, 0.15) is 21.6 Å². The van der Waals surface area contributed by atoms with Crippen molar-refractivity contribution in [2.75, 3.05) is 6.26 Å². The van der Waals surface area contributed by atoms with Crippen molar-refractivity contribution in [3.8, 4) is 17.2 Å². The van der Waals surface area contributed by atoms with Crippen LogP contribution in [-0.4, -0.2) is 31.1 Å². The number of pyridine rings is 1. The Bertz CT molecular complexity index is 1840. The minimum atomic E-state index is -1.64. The molecule has 0 aliphatic carbocycles. The number of aromatic amines is 1. The second kappa shape index (κ2) is 8.58. The third-order valence-corrected chi connectivity index (χ3v) is 6.87. The molecule has 0 amide bonds. The number of benzene rings is 2. The summed E-state index contributed by atoms with van der Waals surface area (Å²) in [7, 11) is -1.64. The molecule has 0 aliphatic rings. The molecule has 5 aromatic rings. The number of H-pyrrole nitrogens is 1. The van der Waals surface area contributed by atoms with Crippen LogP contribution < -0.4 is 5.56 Å². The standard InChI is InChI=1S/C25H15F2N3O5S/c1-36(34)19-9-16(26)13(7-12(19)10-28)11-30-18-8-17(27)14-4-6-35-23(14)21(18)20(22(30)25(32)33)15-3-2-5-29-24(15)31/h2-9H,11H2,1H3,(H,29,31)(H,32,33). The maximum atomic E-state index is 15.1. The summed E-state index contributed by atoms with van der Waals surface area (Å²) in [6, 6.07) is 9.41. The molecule has 2 aromatic carbocycles. The Hall–Kier alpha value is -4.56. The predicted molar refractivity (Wildman–Crippen MR) is 127 cm³/mol. The largest absolute Gasteiger partial charge is 0.477 e. The molecule has 0 aliphatic heterocycles. The highest BCUT2D eigenvalue weighted by atomic mass is 32.2. The average molecular weight is 507 g/mol. The summed E-state index contributed by atoms with van der Waals surface area (Å²) in [6.45, 7) is -0.425. The van der Waals surface area contributed by atoms with E-state index in [0.29, 0.717) is 0 Å². The third-order valence-electron chi connectivity index (χ3n) is 5.91. The van der Waals surface area contributed by atoms with Gasteiger partial charge in [0.15, 0.2) is 0 Å². The monoisotopic (exact) mass is 507 g/mol. The van der Waals surface area contributed by atoms with Gasteiger partial charge < -0.3 is 19.1 Å². The van der Waals surface area contributed by atoms with Crippen LogP contribution in [0.2, 0.25) is 0 Å². The van der Waals surface area contributed by atoms with Crippen molar-refractivity contribution in [1.29, 1.82) is 5.26 Å². The molecule has 0 fully saturated rings. The number of rotatable bonds is 5. The zero-order chi connectivity index (χ0) is 25.7. The van der Waals surface area contributed by atoms with E-state index < -0.39 is 46.2 Å². The van der Waals surface area contributed by atoms with Gasteiger partial charge in [0, 0.05) is 23.6 Å². The summed E-state index contributed by atoms with van der Waals surface area (Å²) in [4.78, 5) is 27.7. The van der Waals surface area contributed by atoms with Gasteiger partial charge in [-0.1, -0.05) is 0 Å². The van der Waals surface area contributed by atoms with Gasteiger partial charge >= 0.3 is 5.97 Å². The molecule has 0 radical (unpaired) electrons. The minimum Gasteiger partial charge on any atom is -0.477 e. The summed E-state index contributed by atoms with van der Waals surface area (Å²) in [5.74, 6) is -2.97. The van der Waals surface area contributed by atoms with Gasteiger partial charge in [0.2, 0.25) is 0 Å². The number of carbonyl (C=O) groups is 1. The first kappa shape index (κ1) is 23.2. The van der Waals surface area contributed by atoms with Crippen LogP contribution in [0.5, 0.6) is 0 Å². The molecule has 5 rings (SSSR count). The molecule has 3 aromatic heterocycles. The highest BCUT2D eigenvalue weighted by Crippen LogP contribution is 2.40.